The van der Waals surface area contributed by atoms with Gasteiger partial charge in [0.15, 0.2) is 6.79 Å². The Morgan fingerprint density at radius 3 is 2.61 bits per heavy atom. The summed E-state index contributed by atoms with van der Waals surface area (Å²) in [5.41, 5.74) is 1.07. The van der Waals surface area contributed by atoms with Gasteiger partial charge in [-0.1, -0.05) is 30.3 Å². The van der Waals surface area contributed by atoms with Crippen LogP contribution >= 0.6 is 15.9 Å². The minimum Gasteiger partial charge on any atom is -0.466 e. The summed E-state index contributed by atoms with van der Waals surface area (Å²) in [6.45, 7) is 0.546. The zero-order valence-corrected chi connectivity index (χ0v) is 11.2. The van der Waals surface area contributed by atoms with Crippen LogP contribution in [0.3, 0.4) is 0 Å². The highest BCUT2D eigenvalue weighted by molar-refractivity contribution is 9.10. The van der Waals surface area contributed by atoms with Gasteiger partial charge in [0.05, 0.1) is 11.1 Å². The van der Waals surface area contributed by atoms with E-state index in [4.69, 9.17) is 9.47 Å². The Balaban J connectivity index is 1.80. The van der Waals surface area contributed by atoms with E-state index in [-0.39, 0.29) is 12.6 Å². The third-order valence-electron chi connectivity index (χ3n) is 2.30. The molecule has 2 rings (SSSR count). The number of hydrogen-bond acceptors (Lipinski definition) is 2. The van der Waals surface area contributed by atoms with Crippen LogP contribution in [-0.4, -0.2) is 6.79 Å². The fourth-order valence-corrected chi connectivity index (χ4v) is 1.79. The predicted octanol–water partition coefficient (Wildman–Crippen LogP) is 4.14. The van der Waals surface area contributed by atoms with E-state index in [1.807, 2.05) is 30.3 Å². The van der Waals surface area contributed by atoms with Crippen molar-refractivity contribution in [3.63, 3.8) is 0 Å². The van der Waals surface area contributed by atoms with E-state index in [0.717, 1.165) is 5.56 Å². The molecule has 0 aliphatic carbocycles. The lowest BCUT2D eigenvalue weighted by Crippen LogP contribution is -2.03. The quantitative estimate of drug-likeness (QED) is 0.610. The van der Waals surface area contributed by atoms with Crippen LogP contribution in [0.4, 0.5) is 4.39 Å². The van der Waals surface area contributed by atoms with E-state index in [1.54, 1.807) is 6.07 Å². The van der Waals surface area contributed by atoms with Crippen molar-refractivity contribution in [2.45, 2.75) is 6.61 Å². The van der Waals surface area contributed by atoms with Crippen LogP contribution < -0.4 is 4.74 Å². The number of rotatable bonds is 5. The van der Waals surface area contributed by atoms with Crippen LogP contribution in [0, 0.1) is 5.82 Å². The summed E-state index contributed by atoms with van der Waals surface area (Å²) in [6, 6.07) is 14.1. The van der Waals surface area contributed by atoms with Gasteiger partial charge in [0.1, 0.15) is 11.6 Å². The molecule has 94 valence electrons. The number of ether oxygens (including phenoxy) is 2. The highest BCUT2D eigenvalue weighted by Crippen LogP contribution is 2.25. The van der Waals surface area contributed by atoms with Crippen LogP contribution in [0.2, 0.25) is 0 Å². The molecule has 2 aromatic rings. The summed E-state index contributed by atoms with van der Waals surface area (Å²) in [5, 5.41) is 0. The Morgan fingerprint density at radius 1 is 1.06 bits per heavy atom. The summed E-state index contributed by atoms with van der Waals surface area (Å²) in [7, 11) is 0. The van der Waals surface area contributed by atoms with E-state index < -0.39 is 0 Å². The normalized spacial score (nSPS) is 10.3. The molecule has 0 unspecified atom stereocenters. The van der Waals surface area contributed by atoms with Crippen LogP contribution in [-0.2, 0) is 11.3 Å². The van der Waals surface area contributed by atoms with Crippen LogP contribution in [0.15, 0.2) is 53.0 Å². The molecule has 0 radical (unpaired) electrons. The Kier molecular flexibility index (Phi) is 4.73. The summed E-state index contributed by atoms with van der Waals surface area (Å²) in [4.78, 5) is 0. The third kappa shape index (κ3) is 3.82. The molecule has 2 nitrogen and oxygen atoms in total. The van der Waals surface area contributed by atoms with E-state index in [1.165, 1.54) is 12.1 Å². The maximum atomic E-state index is 13.0. The molecule has 0 saturated carbocycles. The zero-order valence-electron chi connectivity index (χ0n) is 9.61. The first-order valence-electron chi connectivity index (χ1n) is 5.45. The summed E-state index contributed by atoms with van der Waals surface area (Å²) in [6.07, 6.45) is 0. The molecule has 0 atom stereocenters. The maximum absolute atomic E-state index is 13.0. The fourth-order valence-electron chi connectivity index (χ4n) is 1.43. The lowest BCUT2D eigenvalue weighted by molar-refractivity contribution is 0.00449. The minimum absolute atomic E-state index is 0.0803. The van der Waals surface area contributed by atoms with Gasteiger partial charge in [-0.2, -0.15) is 0 Å². The highest BCUT2D eigenvalue weighted by atomic mass is 79.9. The SMILES string of the molecule is Fc1ccc(Br)c(OCOCc2ccccc2)c1. The van der Waals surface area contributed by atoms with Gasteiger partial charge in [-0.25, -0.2) is 4.39 Å². The number of benzene rings is 2. The molecular formula is C14H12BrFO2. The minimum atomic E-state index is -0.337. The second-order valence-electron chi connectivity index (χ2n) is 3.67. The predicted molar refractivity (Wildman–Crippen MR) is 70.8 cm³/mol. The Hall–Kier alpha value is -1.39. The van der Waals surface area contributed by atoms with Gasteiger partial charge < -0.3 is 9.47 Å². The Bertz CT molecular complexity index is 502. The second kappa shape index (κ2) is 6.52. The van der Waals surface area contributed by atoms with Crippen molar-refractivity contribution in [2.24, 2.45) is 0 Å². The van der Waals surface area contributed by atoms with Crippen molar-refractivity contribution in [3.05, 3.63) is 64.4 Å². The molecule has 0 aromatic heterocycles. The van der Waals surface area contributed by atoms with Gasteiger partial charge >= 0.3 is 0 Å². The lowest BCUT2D eigenvalue weighted by atomic mass is 10.2. The first-order chi connectivity index (χ1) is 8.75. The molecule has 2 aromatic carbocycles. The smallest absolute Gasteiger partial charge is 0.189 e. The Morgan fingerprint density at radius 2 is 1.83 bits per heavy atom. The molecule has 0 N–H and O–H groups in total. The van der Waals surface area contributed by atoms with Crippen molar-refractivity contribution in [2.75, 3.05) is 6.79 Å². The molecule has 0 amide bonds. The van der Waals surface area contributed by atoms with Crippen LogP contribution in [0.5, 0.6) is 5.75 Å². The zero-order chi connectivity index (χ0) is 12.8. The molecule has 4 heteroatoms. The molecule has 0 bridgehead atoms. The van der Waals surface area contributed by atoms with Crippen molar-refractivity contribution < 1.29 is 13.9 Å². The van der Waals surface area contributed by atoms with E-state index >= 15 is 0 Å². The number of hydrogen-bond donors (Lipinski definition) is 0. The summed E-state index contributed by atoms with van der Waals surface area (Å²) >= 11 is 3.28. The summed E-state index contributed by atoms with van der Waals surface area (Å²) < 4.78 is 24.4. The average Bonchev–Trinajstić information content (AvgIpc) is 2.40. The molecule has 0 aliphatic rings. The van der Waals surface area contributed by atoms with E-state index in [0.29, 0.717) is 16.8 Å². The largest absolute Gasteiger partial charge is 0.466 e. The molecule has 0 spiro atoms. The van der Waals surface area contributed by atoms with Gasteiger partial charge in [0.25, 0.3) is 0 Å². The third-order valence-corrected chi connectivity index (χ3v) is 2.96. The topological polar surface area (TPSA) is 18.5 Å². The first kappa shape index (κ1) is 13.1. The number of halogens is 2. The first-order valence-corrected chi connectivity index (χ1v) is 6.24. The Labute approximate surface area is 113 Å². The van der Waals surface area contributed by atoms with Gasteiger partial charge in [-0.15, -0.1) is 0 Å². The second-order valence-corrected chi connectivity index (χ2v) is 4.53. The van der Waals surface area contributed by atoms with Crippen LogP contribution in [0.1, 0.15) is 5.56 Å². The molecule has 18 heavy (non-hydrogen) atoms. The van der Waals surface area contributed by atoms with Crippen molar-refractivity contribution >= 4 is 15.9 Å². The standard InChI is InChI=1S/C14H12BrFO2/c15-13-7-6-12(16)8-14(13)18-10-17-9-11-4-2-1-3-5-11/h1-8H,9-10H2. The van der Waals surface area contributed by atoms with Crippen molar-refractivity contribution in [1.82, 2.24) is 0 Å². The van der Waals surface area contributed by atoms with Crippen LogP contribution in [0.25, 0.3) is 0 Å². The van der Waals surface area contributed by atoms with Crippen molar-refractivity contribution in [1.29, 1.82) is 0 Å². The highest BCUT2D eigenvalue weighted by Gasteiger charge is 2.02. The van der Waals surface area contributed by atoms with Gasteiger partial charge in [-0.05, 0) is 33.6 Å². The van der Waals surface area contributed by atoms with Gasteiger partial charge in [0, 0.05) is 6.07 Å². The molecule has 0 fully saturated rings. The van der Waals surface area contributed by atoms with Gasteiger partial charge in [-0.3, -0.25) is 0 Å². The van der Waals surface area contributed by atoms with Gasteiger partial charge in [0.2, 0.25) is 0 Å². The van der Waals surface area contributed by atoms with E-state index in [2.05, 4.69) is 15.9 Å². The lowest BCUT2D eigenvalue weighted by Gasteiger charge is -2.09. The van der Waals surface area contributed by atoms with E-state index in [9.17, 15) is 4.39 Å². The summed E-state index contributed by atoms with van der Waals surface area (Å²) in [5.74, 6) is 0.0966. The monoisotopic (exact) mass is 310 g/mol. The molecule has 0 heterocycles. The average molecular weight is 311 g/mol. The van der Waals surface area contributed by atoms with Crippen molar-refractivity contribution in [3.8, 4) is 5.75 Å². The molecular weight excluding hydrogens is 299 g/mol. The molecule has 0 aliphatic heterocycles. The molecule has 0 saturated heterocycles. The fraction of sp³-hybridized carbons (Fsp3) is 0.143. The maximum Gasteiger partial charge on any atom is 0.189 e.